The molecule has 0 radical (unpaired) electrons. The lowest BCUT2D eigenvalue weighted by molar-refractivity contribution is -0.385. The maximum atomic E-state index is 11.8. The van der Waals surface area contributed by atoms with Crippen molar-refractivity contribution in [2.45, 2.75) is 4.90 Å². The van der Waals surface area contributed by atoms with Crippen LogP contribution in [0.25, 0.3) is 11.3 Å². The Balaban J connectivity index is 2.84. The molecule has 1 aromatic heterocycles. The summed E-state index contributed by atoms with van der Waals surface area (Å²) in [5.41, 5.74) is -0.0306. The van der Waals surface area contributed by atoms with Crippen LogP contribution < -0.4 is 0 Å². The smallest absolute Gasteiger partial charge is 0.258 e. The standard InChI is InChI=1S/C12H9BrN2O4S/c1-20(18,19)10-5-3-2-4-8(10)11-12(15(16)17)9(13)6-7-14-11/h2-7H,1H3. The fourth-order valence-electron chi connectivity index (χ4n) is 1.79. The lowest BCUT2D eigenvalue weighted by Crippen LogP contribution is -2.02. The molecule has 0 N–H and O–H groups in total. The molecule has 0 spiro atoms. The summed E-state index contributed by atoms with van der Waals surface area (Å²) >= 11 is 3.09. The van der Waals surface area contributed by atoms with Gasteiger partial charge in [0.25, 0.3) is 0 Å². The number of rotatable bonds is 3. The van der Waals surface area contributed by atoms with Crippen molar-refractivity contribution in [3.8, 4) is 11.3 Å². The van der Waals surface area contributed by atoms with E-state index in [4.69, 9.17) is 0 Å². The van der Waals surface area contributed by atoms with Gasteiger partial charge in [-0.2, -0.15) is 0 Å². The van der Waals surface area contributed by atoms with Gasteiger partial charge in [0.2, 0.25) is 0 Å². The molecule has 104 valence electrons. The minimum Gasteiger partial charge on any atom is -0.258 e. The normalized spacial score (nSPS) is 11.3. The number of hydrogen-bond acceptors (Lipinski definition) is 5. The highest BCUT2D eigenvalue weighted by atomic mass is 79.9. The fraction of sp³-hybridized carbons (Fsp3) is 0.0833. The van der Waals surface area contributed by atoms with Crippen LogP contribution in [-0.2, 0) is 9.84 Å². The average molecular weight is 357 g/mol. The Bertz CT molecular complexity index is 790. The summed E-state index contributed by atoms with van der Waals surface area (Å²) in [5.74, 6) is 0. The van der Waals surface area contributed by atoms with E-state index >= 15 is 0 Å². The van der Waals surface area contributed by atoms with E-state index in [2.05, 4.69) is 20.9 Å². The van der Waals surface area contributed by atoms with E-state index in [-0.39, 0.29) is 26.3 Å². The number of aromatic nitrogens is 1. The number of benzene rings is 1. The van der Waals surface area contributed by atoms with Crippen molar-refractivity contribution in [2.75, 3.05) is 6.26 Å². The fourth-order valence-corrected chi connectivity index (χ4v) is 3.13. The van der Waals surface area contributed by atoms with Crippen LogP contribution in [0.2, 0.25) is 0 Å². The average Bonchev–Trinajstić information content (AvgIpc) is 2.37. The molecule has 0 aliphatic rings. The molecule has 20 heavy (non-hydrogen) atoms. The molecule has 0 bridgehead atoms. The summed E-state index contributed by atoms with van der Waals surface area (Å²) in [7, 11) is -3.51. The van der Waals surface area contributed by atoms with E-state index in [0.717, 1.165) is 6.26 Å². The highest BCUT2D eigenvalue weighted by Crippen LogP contribution is 2.36. The predicted octanol–water partition coefficient (Wildman–Crippen LogP) is 2.82. The van der Waals surface area contributed by atoms with Crippen molar-refractivity contribution in [1.82, 2.24) is 4.98 Å². The highest BCUT2D eigenvalue weighted by molar-refractivity contribution is 9.10. The number of pyridine rings is 1. The zero-order valence-corrected chi connectivity index (χ0v) is 12.7. The van der Waals surface area contributed by atoms with Gasteiger partial charge >= 0.3 is 5.69 Å². The number of sulfone groups is 1. The molecule has 8 heteroatoms. The van der Waals surface area contributed by atoms with E-state index in [1.165, 1.54) is 24.4 Å². The van der Waals surface area contributed by atoms with Crippen molar-refractivity contribution in [1.29, 1.82) is 0 Å². The molecule has 1 heterocycles. The Morgan fingerprint density at radius 1 is 1.25 bits per heavy atom. The van der Waals surface area contributed by atoms with Crippen LogP contribution in [0.5, 0.6) is 0 Å². The minimum atomic E-state index is -3.51. The number of halogens is 1. The van der Waals surface area contributed by atoms with Gasteiger partial charge < -0.3 is 0 Å². The zero-order chi connectivity index (χ0) is 14.9. The molecule has 0 saturated carbocycles. The third-order valence-electron chi connectivity index (χ3n) is 2.60. The second-order valence-electron chi connectivity index (χ2n) is 4.02. The minimum absolute atomic E-state index is 0.00806. The van der Waals surface area contributed by atoms with Crippen molar-refractivity contribution in [3.63, 3.8) is 0 Å². The van der Waals surface area contributed by atoms with Gasteiger partial charge in [-0.25, -0.2) is 13.4 Å². The predicted molar refractivity (Wildman–Crippen MR) is 77.1 cm³/mol. The third kappa shape index (κ3) is 2.70. The summed E-state index contributed by atoms with van der Waals surface area (Å²) in [4.78, 5) is 14.5. The van der Waals surface area contributed by atoms with Crippen LogP contribution >= 0.6 is 15.9 Å². The molecule has 0 amide bonds. The van der Waals surface area contributed by atoms with Crippen LogP contribution in [-0.4, -0.2) is 24.6 Å². The van der Waals surface area contributed by atoms with E-state index in [9.17, 15) is 18.5 Å². The van der Waals surface area contributed by atoms with Gasteiger partial charge in [0.05, 0.1) is 14.3 Å². The second kappa shape index (κ2) is 5.29. The molecule has 2 rings (SSSR count). The Kier molecular flexibility index (Phi) is 3.87. The monoisotopic (exact) mass is 356 g/mol. The van der Waals surface area contributed by atoms with Crippen molar-refractivity contribution in [3.05, 3.63) is 51.1 Å². The molecular weight excluding hydrogens is 348 g/mol. The Morgan fingerprint density at radius 2 is 1.90 bits per heavy atom. The number of nitro groups is 1. The largest absolute Gasteiger partial charge is 0.309 e. The summed E-state index contributed by atoms with van der Waals surface area (Å²) in [6.07, 6.45) is 2.43. The molecule has 2 aromatic rings. The first-order valence-corrected chi connectivity index (χ1v) is 8.09. The summed E-state index contributed by atoms with van der Waals surface area (Å²) in [6.45, 7) is 0. The SMILES string of the molecule is CS(=O)(=O)c1ccccc1-c1nccc(Br)c1[N+](=O)[O-]. The van der Waals surface area contributed by atoms with Gasteiger partial charge in [0.15, 0.2) is 15.5 Å². The third-order valence-corrected chi connectivity index (χ3v) is 4.39. The number of hydrogen-bond donors (Lipinski definition) is 0. The second-order valence-corrected chi connectivity index (χ2v) is 6.85. The summed E-state index contributed by atoms with van der Waals surface area (Å²) in [5, 5.41) is 11.2. The Morgan fingerprint density at radius 3 is 2.50 bits per heavy atom. The molecule has 0 aliphatic heterocycles. The van der Waals surface area contributed by atoms with E-state index in [1.54, 1.807) is 12.1 Å². The molecule has 6 nitrogen and oxygen atoms in total. The quantitative estimate of drug-likeness (QED) is 0.622. The molecule has 1 aromatic carbocycles. The maximum absolute atomic E-state index is 11.8. The van der Waals surface area contributed by atoms with Crippen LogP contribution in [0, 0.1) is 10.1 Å². The molecule has 0 unspecified atom stereocenters. The first-order chi connectivity index (χ1) is 9.32. The zero-order valence-electron chi connectivity index (χ0n) is 10.3. The van der Waals surface area contributed by atoms with E-state index < -0.39 is 14.8 Å². The van der Waals surface area contributed by atoms with Crippen molar-refractivity contribution >= 4 is 31.5 Å². The van der Waals surface area contributed by atoms with Gasteiger partial charge in [0, 0.05) is 18.0 Å². The van der Waals surface area contributed by atoms with Crippen molar-refractivity contribution < 1.29 is 13.3 Å². The van der Waals surface area contributed by atoms with Gasteiger partial charge in [-0.1, -0.05) is 18.2 Å². The van der Waals surface area contributed by atoms with Gasteiger partial charge in [-0.3, -0.25) is 10.1 Å². The molecule has 0 fully saturated rings. The topological polar surface area (TPSA) is 90.2 Å². The first-order valence-electron chi connectivity index (χ1n) is 5.40. The van der Waals surface area contributed by atoms with Crippen molar-refractivity contribution in [2.24, 2.45) is 0 Å². The lowest BCUT2D eigenvalue weighted by atomic mass is 10.1. The molecular formula is C12H9BrN2O4S. The van der Waals surface area contributed by atoms with E-state index in [0.29, 0.717) is 0 Å². The van der Waals surface area contributed by atoms with Gasteiger partial charge in [-0.15, -0.1) is 0 Å². The lowest BCUT2D eigenvalue weighted by Gasteiger charge is -2.08. The highest BCUT2D eigenvalue weighted by Gasteiger charge is 2.25. The summed E-state index contributed by atoms with van der Waals surface area (Å²) in [6, 6.07) is 7.50. The van der Waals surface area contributed by atoms with Crippen LogP contribution in [0.15, 0.2) is 45.9 Å². The van der Waals surface area contributed by atoms with Crippen LogP contribution in [0.3, 0.4) is 0 Å². The molecule has 0 aliphatic carbocycles. The van der Waals surface area contributed by atoms with Crippen LogP contribution in [0.4, 0.5) is 5.69 Å². The Labute approximate surface area is 123 Å². The van der Waals surface area contributed by atoms with Gasteiger partial charge in [0.1, 0.15) is 0 Å². The molecule has 0 saturated heterocycles. The summed E-state index contributed by atoms with van der Waals surface area (Å²) < 4.78 is 23.8. The Hall–Kier alpha value is -1.80. The van der Waals surface area contributed by atoms with Crippen LogP contribution in [0.1, 0.15) is 0 Å². The first kappa shape index (κ1) is 14.6. The van der Waals surface area contributed by atoms with Gasteiger partial charge in [-0.05, 0) is 28.1 Å². The molecule has 0 atom stereocenters. The van der Waals surface area contributed by atoms with E-state index in [1.807, 2.05) is 0 Å². The maximum Gasteiger partial charge on any atom is 0.309 e. The number of nitrogens with zero attached hydrogens (tertiary/aromatic N) is 2.